The maximum absolute atomic E-state index is 11.9. The normalized spacial score (nSPS) is 13.9. The molecule has 1 aromatic carbocycles. The smallest absolute Gasteiger partial charge is 0.263 e. The molecular formula is C13H19NO3. The van der Waals surface area contributed by atoms with Crippen LogP contribution in [0.2, 0.25) is 0 Å². The Bertz CT molecular complexity index is 351. The van der Waals surface area contributed by atoms with Crippen molar-refractivity contribution < 1.29 is 14.6 Å². The molecule has 0 bridgehead atoms. The molecule has 0 aliphatic rings. The average Bonchev–Trinajstić information content (AvgIpc) is 2.28. The van der Waals surface area contributed by atoms with Crippen LogP contribution < -0.4 is 4.74 Å². The number of amides is 1. The van der Waals surface area contributed by atoms with Gasteiger partial charge in [0, 0.05) is 13.6 Å². The van der Waals surface area contributed by atoms with Crippen LogP contribution >= 0.6 is 0 Å². The van der Waals surface area contributed by atoms with E-state index in [1.54, 1.807) is 33.0 Å². The van der Waals surface area contributed by atoms with Gasteiger partial charge in [0.05, 0.1) is 6.10 Å². The molecule has 0 aromatic heterocycles. The first kappa shape index (κ1) is 13.5. The van der Waals surface area contributed by atoms with Gasteiger partial charge in [0.15, 0.2) is 6.10 Å². The Labute approximate surface area is 102 Å². The summed E-state index contributed by atoms with van der Waals surface area (Å²) in [5.74, 6) is 0.522. The van der Waals surface area contributed by atoms with Crippen LogP contribution in [0.3, 0.4) is 0 Å². The van der Waals surface area contributed by atoms with Crippen molar-refractivity contribution in [2.24, 2.45) is 0 Å². The molecule has 0 saturated carbocycles. The molecule has 1 N–H and O–H groups in total. The Morgan fingerprint density at radius 3 is 2.47 bits per heavy atom. The largest absolute Gasteiger partial charge is 0.481 e. The Balaban J connectivity index is 2.52. The molecule has 1 amide bonds. The van der Waals surface area contributed by atoms with Crippen LogP contribution in [0, 0.1) is 0 Å². The van der Waals surface area contributed by atoms with Crippen molar-refractivity contribution in [2.45, 2.75) is 26.1 Å². The van der Waals surface area contributed by atoms with Crippen molar-refractivity contribution in [3.05, 3.63) is 30.3 Å². The third-order valence-corrected chi connectivity index (χ3v) is 2.32. The number of aliphatic hydroxyl groups is 1. The lowest BCUT2D eigenvalue weighted by atomic mass is 10.3. The summed E-state index contributed by atoms with van der Waals surface area (Å²) in [6.07, 6.45) is -1.09. The molecule has 4 nitrogen and oxygen atoms in total. The molecule has 4 heteroatoms. The second-order valence-electron chi connectivity index (χ2n) is 4.14. The third-order valence-electron chi connectivity index (χ3n) is 2.32. The third kappa shape index (κ3) is 4.44. The first-order chi connectivity index (χ1) is 8.00. The van der Waals surface area contributed by atoms with E-state index in [2.05, 4.69) is 0 Å². The minimum atomic E-state index is -0.554. The molecule has 1 rings (SSSR count). The summed E-state index contributed by atoms with van der Waals surface area (Å²) in [6, 6.07) is 9.20. The predicted octanol–water partition coefficient (Wildman–Crippen LogP) is 1.29. The zero-order valence-corrected chi connectivity index (χ0v) is 10.5. The highest BCUT2D eigenvalue weighted by Gasteiger charge is 2.19. The van der Waals surface area contributed by atoms with Crippen LogP contribution in [-0.2, 0) is 4.79 Å². The van der Waals surface area contributed by atoms with Gasteiger partial charge < -0.3 is 14.7 Å². The fraction of sp³-hybridized carbons (Fsp3) is 0.462. The lowest BCUT2D eigenvalue weighted by Gasteiger charge is -2.23. The summed E-state index contributed by atoms with van der Waals surface area (Å²) in [5, 5.41) is 9.21. The van der Waals surface area contributed by atoms with Gasteiger partial charge in [-0.15, -0.1) is 0 Å². The van der Waals surface area contributed by atoms with E-state index in [9.17, 15) is 9.90 Å². The van der Waals surface area contributed by atoms with E-state index in [1.807, 2.05) is 18.2 Å². The monoisotopic (exact) mass is 237 g/mol. The highest BCUT2D eigenvalue weighted by atomic mass is 16.5. The predicted molar refractivity (Wildman–Crippen MR) is 65.8 cm³/mol. The second-order valence-corrected chi connectivity index (χ2v) is 4.14. The van der Waals surface area contributed by atoms with Gasteiger partial charge in [-0.05, 0) is 26.0 Å². The van der Waals surface area contributed by atoms with Gasteiger partial charge in [0.25, 0.3) is 5.91 Å². The Morgan fingerprint density at radius 2 is 1.94 bits per heavy atom. The summed E-state index contributed by atoms with van der Waals surface area (Å²) in [5.41, 5.74) is 0. The number of rotatable bonds is 5. The number of hydrogen-bond acceptors (Lipinski definition) is 3. The highest BCUT2D eigenvalue weighted by molar-refractivity contribution is 5.80. The zero-order valence-electron chi connectivity index (χ0n) is 10.5. The van der Waals surface area contributed by atoms with Crippen LogP contribution in [-0.4, -0.2) is 41.7 Å². The number of ether oxygens (including phenoxy) is 1. The molecule has 2 unspecified atom stereocenters. The lowest BCUT2D eigenvalue weighted by Crippen LogP contribution is -2.41. The number of carbonyl (C=O) groups excluding carboxylic acids is 1. The summed E-state index contributed by atoms with van der Waals surface area (Å²) in [4.78, 5) is 13.3. The van der Waals surface area contributed by atoms with E-state index in [0.29, 0.717) is 12.3 Å². The molecule has 0 saturated heterocycles. The minimum Gasteiger partial charge on any atom is -0.481 e. The summed E-state index contributed by atoms with van der Waals surface area (Å²) in [6.45, 7) is 3.65. The number of likely N-dealkylation sites (N-methyl/N-ethyl adjacent to an activating group) is 1. The molecule has 94 valence electrons. The SMILES string of the molecule is CC(O)CN(C)C(=O)C(C)Oc1ccccc1. The molecule has 0 radical (unpaired) electrons. The second kappa shape index (κ2) is 6.25. The minimum absolute atomic E-state index is 0.144. The van der Waals surface area contributed by atoms with E-state index in [4.69, 9.17) is 4.74 Å². The molecule has 1 aromatic rings. The van der Waals surface area contributed by atoms with Crippen molar-refractivity contribution in [1.82, 2.24) is 4.90 Å². The summed E-state index contributed by atoms with van der Waals surface area (Å²) in [7, 11) is 1.65. The van der Waals surface area contributed by atoms with Gasteiger partial charge in [-0.25, -0.2) is 0 Å². The lowest BCUT2D eigenvalue weighted by molar-refractivity contribution is -0.137. The standard InChI is InChI=1S/C13H19NO3/c1-10(15)9-14(3)13(16)11(2)17-12-7-5-4-6-8-12/h4-8,10-11,15H,9H2,1-3H3. The van der Waals surface area contributed by atoms with Crippen molar-refractivity contribution in [3.8, 4) is 5.75 Å². The molecule has 0 heterocycles. The van der Waals surface area contributed by atoms with Gasteiger partial charge in [0.1, 0.15) is 5.75 Å². The number of benzene rings is 1. The van der Waals surface area contributed by atoms with Crippen LogP contribution in [0.1, 0.15) is 13.8 Å². The van der Waals surface area contributed by atoms with E-state index in [0.717, 1.165) is 0 Å². The zero-order chi connectivity index (χ0) is 12.8. The Hall–Kier alpha value is -1.55. The fourth-order valence-electron chi connectivity index (χ4n) is 1.55. The van der Waals surface area contributed by atoms with Crippen LogP contribution in [0.25, 0.3) is 0 Å². The number of carbonyl (C=O) groups is 1. The van der Waals surface area contributed by atoms with E-state index < -0.39 is 12.2 Å². The van der Waals surface area contributed by atoms with Gasteiger partial charge in [-0.1, -0.05) is 18.2 Å². The van der Waals surface area contributed by atoms with Gasteiger partial charge in [0.2, 0.25) is 0 Å². The highest BCUT2D eigenvalue weighted by Crippen LogP contribution is 2.11. The molecular weight excluding hydrogens is 218 g/mol. The molecule has 0 spiro atoms. The molecule has 0 aliphatic heterocycles. The van der Waals surface area contributed by atoms with Gasteiger partial charge in [-0.3, -0.25) is 4.79 Å². The number of para-hydroxylation sites is 1. The maximum Gasteiger partial charge on any atom is 0.263 e. The maximum atomic E-state index is 11.9. The fourth-order valence-corrected chi connectivity index (χ4v) is 1.55. The molecule has 2 atom stereocenters. The quantitative estimate of drug-likeness (QED) is 0.839. The average molecular weight is 237 g/mol. The van der Waals surface area contributed by atoms with Crippen LogP contribution in [0.15, 0.2) is 30.3 Å². The molecule has 0 fully saturated rings. The summed E-state index contributed by atoms with van der Waals surface area (Å²) < 4.78 is 5.51. The Morgan fingerprint density at radius 1 is 1.35 bits per heavy atom. The number of nitrogens with zero attached hydrogens (tertiary/aromatic N) is 1. The van der Waals surface area contributed by atoms with E-state index >= 15 is 0 Å². The van der Waals surface area contributed by atoms with Gasteiger partial charge in [-0.2, -0.15) is 0 Å². The topological polar surface area (TPSA) is 49.8 Å². The molecule has 0 aliphatic carbocycles. The van der Waals surface area contributed by atoms with Crippen LogP contribution in [0.5, 0.6) is 5.75 Å². The van der Waals surface area contributed by atoms with Crippen molar-refractivity contribution in [1.29, 1.82) is 0 Å². The number of aliphatic hydroxyl groups excluding tert-OH is 1. The first-order valence-corrected chi connectivity index (χ1v) is 5.65. The summed E-state index contributed by atoms with van der Waals surface area (Å²) >= 11 is 0. The van der Waals surface area contributed by atoms with Crippen molar-refractivity contribution in [3.63, 3.8) is 0 Å². The Kier molecular flexibility index (Phi) is 4.97. The van der Waals surface area contributed by atoms with E-state index in [-0.39, 0.29) is 5.91 Å². The van der Waals surface area contributed by atoms with Crippen molar-refractivity contribution in [2.75, 3.05) is 13.6 Å². The number of hydrogen-bond donors (Lipinski definition) is 1. The van der Waals surface area contributed by atoms with E-state index in [1.165, 1.54) is 4.90 Å². The first-order valence-electron chi connectivity index (χ1n) is 5.65. The van der Waals surface area contributed by atoms with Crippen LogP contribution in [0.4, 0.5) is 0 Å². The van der Waals surface area contributed by atoms with Crippen molar-refractivity contribution >= 4 is 5.91 Å². The van der Waals surface area contributed by atoms with Gasteiger partial charge >= 0.3 is 0 Å². The molecule has 17 heavy (non-hydrogen) atoms.